The SMILES string of the molecule is CCNC(=NCc1ccc(F)cc1)NCC1CCN(S(=O)(=O)c2ccccc2)CC1.I. The van der Waals surface area contributed by atoms with Crippen LogP contribution in [0.2, 0.25) is 0 Å². The summed E-state index contributed by atoms with van der Waals surface area (Å²) in [6.45, 7) is 4.97. The van der Waals surface area contributed by atoms with E-state index in [0.717, 1.165) is 31.5 Å². The van der Waals surface area contributed by atoms with Crippen molar-refractivity contribution < 1.29 is 12.8 Å². The van der Waals surface area contributed by atoms with Crippen LogP contribution >= 0.6 is 24.0 Å². The van der Waals surface area contributed by atoms with Gasteiger partial charge in [0.25, 0.3) is 0 Å². The van der Waals surface area contributed by atoms with Crippen LogP contribution in [0.4, 0.5) is 4.39 Å². The van der Waals surface area contributed by atoms with Crippen LogP contribution in [0.25, 0.3) is 0 Å². The first-order chi connectivity index (χ1) is 14.5. The second kappa shape index (κ2) is 12.4. The summed E-state index contributed by atoms with van der Waals surface area (Å²) < 4.78 is 40.1. The van der Waals surface area contributed by atoms with Gasteiger partial charge in [-0.2, -0.15) is 4.31 Å². The monoisotopic (exact) mass is 560 g/mol. The molecule has 2 aromatic rings. The van der Waals surface area contributed by atoms with E-state index in [9.17, 15) is 12.8 Å². The van der Waals surface area contributed by atoms with Gasteiger partial charge in [0.15, 0.2) is 5.96 Å². The van der Waals surface area contributed by atoms with Crippen LogP contribution in [0.1, 0.15) is 25.3 Å². The second-order valence-corrected chi connectivity index (χ2v) is 9.30. The van der Waals surface area contributed by atoms with Crippen molar-refractivity contribution in [1.29, 1.82) is 0 Å². The van der Waals surface area contributed by atoms with Crippen molar-refractivity contribution in [2.24, 2.45) is 10.9 Å². The van der Waals surface area contributed by atoms with Gasteiger partial charge in [0.05, 0.1) is 11.4 Å². The molecule has 31 heavy (non-hydrogen) atoms. The van der Waals surface area contributed by atoms with Gasteiger partial charge in [-0.15, -0.1) is 24.0 Å². The topological polar surface area (TPSA) is 73.8 Å². The number of halogens is 2. The lowest BCUT2D eigenvalue weighted by Gasteiger charge is -2.31. The van der Waals surface area contributed by atoms with Crippen molar-refractivity contribution in [2.45, 2.75) is 31.2 Å². The summed E-state index contributed by atoms with van der Waals surface area (Å²) >= 11 is 0. The van der Waals surface area contributed by atoms with Gasteiger partial charge >= 0.3 is 0 Å². The molecule has 0 atom stereocenters. The van der Waals surface area contributed by atoms with Crippen molar-refractivity contribution in [2.75, 3.05) is 26.2 Å². The Morgan fingerprint density at radius 1 is 1.06 bits per heavy atom. The van der Waals surface area contributed by atoms with Crippen LogP contribution in [0, 0.1) is 11.7 Å². The molecule has 0 spiro atoms. The number of nitrogens with zero attached hydrogens (tertiary/aromatic N) is 2. The number of aliphatic imine (C=N–C) groups is 1. The number of sulfonamides is 1. The lowest BCUT2D eigenvalue weighted by Crippen LogP contribution is -2.44. The summed E-state index contributed by atoms with van der Waals surface area (Å²) in [4.78, 5) is 4.91. The lowest BCUT2D eigenvalue weighted by atomic mass is 9.98. The van der Waals surface area contributed by atoms with E-state index in [4.69, 9.17) is 0 Å². The minimum absolute atomic E-state index is 0. The van der Waals surface area contributed by atoms with Gasteiger partial charge in [0.2, 0.25) is 10.0 Å². The highest BCUT2D eigenvalue weighted by Crippen LogP contribution is 2.23. The maximum Gasteiger partial charge on any atom is 0.243 e. The van der Waals surface area contributed by atoms with Gasteiger partial charge in [-0.05, 0) is 55.5 Å². The Balaban J connectivity index is 0.00000341. The fourth-order valence-electron chi connectivity index (χ4n) is 3.44. The Bertz CT molecular complexity index is 932. The predicted molar refractivity (Wildman–Crippen MR) is 133 cm³/mol. The second-order valence-electron chi connectivity index (χ2n) is 7.36. The highest BCUT2D eigenvalue weighted by molar-refractivity contribution is 14.0. The molecule has 0 radical (unpaired) electrons. The maximum absolute atomic E-state index is 13.0. The average Bonchev–Trinajstić information content (AvgIpc) is 2.77. The van der Waals surface area contributed by atoms with E-state index in [1.807, 2.05) is 13.0 Å². The molecule has 1 heterocycles. The first kappa shape index (κ1) is 25.5. The molecule has 0 aromatic heterocycles. The van der Waals surface area contributed by atoms with Crippen molar-refractivity contribution >= 4 is 40.0 Å². The van der Waals surface area contributed by atoms with Crippen molar-refractivity contribution in [3.8, 4) is 0 Å². The first-order valence-corrected chi connectivity index (χ1v) is 11.7. The molecule has 170 valence electrons. The van der Waals surface area contributed by atoms with Crippen LogP contribution in [0.5, 0.6) is 0 Å². The number of nitrogens with one attached hydrogen (secondary N) is 2. The van der Waals surface area contributed by atoms with E-state index < -0.39 is 10.0 Å². The highest BCUT2D eigenvalue weighted by Gasteiger charge is 2.29. The molecule has 1 aliphatic heterocycles. The number of benzene rings is 2. The largest absolute Gasteiger partial charge is 0.357 e. The third-order valence-corrected chi connectivity index (χ3v) is 7.10. The van der Waals surface area contributed by atoms with Crippen molar-refractivity contribution in [1.82, 2.24) is 14.9 Å². The Morgan fingerprint density at radius 3 is 2.32 bits per heavy atom. The van der Waals surface area contributed by atoms with E-state index in [1.54, 1.807) is 40.7 Å². The lowest BCUT2D eigenvalue weighted by molar-refractivity contribution is 0.273. The maximum atomic E-state index is 13.0. The standard InChI is InChI=1S/C22H29FN4O2S.HI/c1-2-24-22(25-16-18-8-10-20(23)11-9-18)26-17-19-12-14-27(15-13-19)30(28,29)21-6-4-3-5-7-21;/h3-11,19H,2,12-17H2,1H3,(H2,24,25,26);1H. The Labute approximate surface area is 201 Å². The van der Waals surface area contributed by atoms with Crippen LogP contribution in [-0.2, 0) is 16.6 Å². The molecule has 0 aliphatic carbocycles. The van der Waals surface area contributed by atoms with Gasteiger partial charge in [0, 0.05) is 26.2 Å². The Hall–Kier alpha value is -1.72. The smallest absolute Gasteiger partial charge is 0.243 e. The number of guanidine groups is 1. The van der Waals surface area contributed by atoms with E-state index in [-0.39, 0.29) is 29.8 Å². The summed E-state index contributed by atoms with van der Waals surface area (Å²) in [5.41, 5.74) is 0.938. The first-order valence-electron chi connectivity index (χ1n) is 10.3. The molecule has 6 nitrogen and oxygen atoms in total. The zero-order valence-corrected chi connectivity index (χ0v) is 20.8. The molecule has 9 heteroatoms. The fourth-order valence-corrected chi connectivity index (χ4v) is 4.93. The summed E-state index contributed by atoms with van der Waals surface area (Å²) in [5.74, 6) is 0.830. The zero-order chi connectivity index (χ0) is 21.4. The van der Waals surface area contributed by atoms with Gasteiger partial charge in [-0.1, -0.05) is 30.3 Å². The Morgan fingerprint density at radius 2 is 1.71 bits per heavy atom. The number of hydrogen-bond donors (Lipinski definition) is 2. The number of hydrogen-bond acceptors (Lipinski definition) is 3. The van der Waals surface area contributed by atoms with Crippen LogP contribution < -0.4 is 10.6 Å². The predicted octanol–water partition coefficient (Wildman–Crippen LogP) is 3.60. The molecular formula is C22H30FIN4O2S. The minimum atomic E-state index is -3.42. The molecule has 0 saturated carbocycles. The zero-order valence-electron chi connectivity index (χ0n) is 17.6. The average molecular weight is 560 g/mol. The minimum Gasteiger partial charge on any atom is -0.357 e. The summed E-state index contributed by atoms with van der Waals surface area (Å²) in [5, 5.41) is 6.57. The third kappa shape index (κ3) is 7.43. The summed E-state index contributed by atoms with van der Waals surface area (Å²) in [6, 6.07) is 14.9. The molecule has 0 unspecified atom stereocenters. The van der Waals surface area contributed by atoms with E-state index in [2.05, 4.69) is 15.6 Å². The van der Waals surface area contributed by atoms with Crippen molar-refractivity contribution in [3.05, 3.63) is 66.0 Å². The summed E-state index contributed by atoms with van der Waals surface area (Å²) in [6.07, 6.45) is 1.60. The van der Waals surface area contributed by atoms with Gasteiger partial charge in [0.1, 0.15) is 5.82 Å². The number of piperidine rings is 1. The van der Waals surface area contributed by atoms with Crippen LogP contribution in [0.15, 0.2) is 64.5 Å². The highest BCUT2D eigenvalue weighted by atomic mass is 127. The molecule has 0 amide bonds. The normalized spacial score (nSPS) is 15.9. The molecule has 0 bridgehead atoms. The molecule has 1 aliphatic rings. The fraction of sp³-hybridized carbons (Fsp3) is 0.409. The molecular weight excluding hydrogens is 530 g/mol. The van der Waals surface area contributed by atoms with Gasteiger partial charge < -0.3 is 10.6 Å². The molecule has 2 aromatic carbocycles. The molecule has 1 saturated heterocycles. The number of rotatable bonds is 7. The molecule has 3 rings (SSSR count). The summed E-state index contributed by atoms with van der Waals surface area (Å²) in [7, 11) is -3.42. The van der Waals surface area contributed by atoms with Crippen LogP contribution in [-0.4, -0.2) is 44.9 Å². The van der Waals surface area contributed by atoms with E-state index >= 15 is 0 Å². The van der Waals surface area contributed by atoms with Gasteiger partial charge in [-0.25, -0.2) is 17.8 Å². The molecule has 1 fully saturated rings. The Kier molecular flexibility index (Phi) is 10.2. The third-order valence-electron chi connectivity index (χ3n) is 5.19. The van der Waals surface area contributed by atoms with E-state index in [0.29, 0.717) is 36.4 Å². The molecule has 2 N–H and O–H groups in total. The van der Waals surface area contributed by atoms with E-state index in [1.165, 1.54) is 12.1 Å². The quantitative estimate of drug-likeness (QED) is 0.309. The van der Waals surface area contributed by atoms with Crippen LogP contribution in [0.3, 0.4) is 0 Å². The van der Waals surface area contributed by atoms with Crippen molar-refractivity contribution in [3.63, 3.8) is 0 Å². The van der Waals surface area contributed by atoms with Gasteiger partial charge in [-0.3, -0.25) is 0 Å².